The summed E-state index contributed by atoms with van der Waals surface area (Å²) in [4.78, 5) is 3.88. The van der Waals surface area contributed by atoms with Crippen molar-refractivity contribution in [1.29, 1.82) is 5.26 Å². The van der Waals surface area contributed by atoms with E-state index in [1.807, 2.05) is 6.07 Å². The summed E-state index contributed by atoms with van der Waals surface area (Å²) in [6.45, 7) is 0.704. The molecule has 3 nitrogen and oxygen atoms in total. The molecule has 0 saturated carbocycles. The molecular weight excluding hydrogens is 174 g/mol. The normalized spacial score (nSPS) is 9.00. The third-order valence-electron chi connectivity index (χ3n) is 1.30. The molecule has 0 amide bonds. The molecule has 1 rings (SSSR count). The predicted molar refractivity (Wildman–Crippen MR) is 48.2 cm³/mol. The van der Waals surface area contributed by atoms with E-state index in [4.69, 9.17) is 16.9 Å². The SMILES string of the molecule is N#Cc1ccc(NCCCl)cn1. The van der Waals surface area contributed by atoms with Gasteiger partial charge in [0.15, 0.2) is 0 Å². The highest BCUT2D eigenvalue weighted by Crippen LogP contribution is 2.04. The Morgan fingerprint density at radius 1 is 1.58 bits per heavy atom. The van der Waals surface area contributed by atoms with E-state index in [1.165, 1.54) is 0 Å². The first-order chi connectivity index (χ1) is 5.86. The van der Waals surface area contributed by atoms with Crippen molar-refractivity contribution >= 4 is 17.3 Å². The van der Waals surface area contributed by atoms with Crippen LogP contribution in [-0.4, -0.2) is 17.4 Å². The second kappa shape index (κ2) is 4.58. The largest absolute Gasteiger partial charge is 0.383 e. The molecule has 12 heavy (non-hydrogen) atoms. The predicted octanol–water partition coefficient (Wildman–Crippen LogP) is 1.60. The summed E-state index contributed by atoms with van der Waals surface area (Å²) in [7, 11) is 0. The van der Waals surface area contributed by atoms with Crippen molar-refractivity contribution < 1.29 is 0 Å². The minimum atomic E-state index is 0.423. The minimum absolute atomic E-state index is 0.423. The molecule has 0 fully saturated rings. The lowest BCUT2D eigenvalue weighted by Crippen LogP contribution is -2.02. The number of aromatic nitrogens is 1. The molecule has 0 saturated heterocycles. The van der Waals surface area contributed by atoms with Crippen LogP contribution in [0.25, 0.3) is 0 Å². The highest BCUT2D eigenvalue weighted by Gasteiger charge is 1.92. The van der Waals surface area contributed by atoms with Gasteiger partial charge in [0.2, 0.25) is 0 Å². The van der Waals surface area contributed by atoms with Gasteiger partial charge in [-0.25, -0.2) is 4.98 Å². The zero-order valence-electron chi connectivity index (χ0n) is 6.42. The van der Waals surface area contributed by atoms with E-state index in [-0.39, 0.29) is 0 Å². The van der Waals surface area contributed by atoms with Gasteiger partial charge in [0.05, 0.1) is 11.9 Å². The van der Waals surface area contributed by atoms with Gasteiger partial charge in [-0.3, -0.25) is 0 Å². The molecule has 4 heteroatoms. The van der Waals surface area contributed by atoms with Crippen LogP contribution in [0.5, 0.6) is 0 Å². The summed E-state index contributed by atoms with van der Waals surface area (Å²) in [5, 5.41) is 11.5. The third-order valence-corrected chi connectivity index (χ3v) is 1.49. The van der Waals surface area contributed by atoms with Crippen LogP contribution in [0.2, 0.25) is 0 Å². The van der Waals surface area contributed by atoms with Crippen LogP contribution in [-0.2, 0) is 0 Å². The molecule has 0 spiro atoms. The summed E-state index contributed by atoms with van der Waals surface area (Å²) in [6, 6.07) is 5.41. The lowest BCUT2D eigenvalue weighted by atomic mass is 10.3. The van der Waals surface area contributed by atoms with Crippen molar-refractivity contribution in [3.8, 4) is 6.07 Å². The Morgan fingerprint density at radius 3 is 2.92 bits per heavy atom. The van der Waals surface area contributed by atoms with Gasteiger partial charge in [-0.05, 0) is 12.1 Å². The highest BCUT2D eigenvalue weighted by atomic mass is 35.5. The maximum absolute atomic E-state index is 8.45. The van der Waals surface area contributed by atoms with Crippen LogP contribution in [0.4, 0.5) is 5.69 Å². The zero-order valence-corrected chi connectivity index (χ0v) is 7.17. The lowest BCUT2D eigenvalue weighted by Gasteiger charge is -2.01. The van der Waals surface area contributed by atoms with Gasteiger partial charge in [-0.1, -0.05) is 0 Å². The van der Waals surface area contributed by atoms with Crippen molar-refractivity contribution in [1.82, 2.24) is 4.98 Å². The standard InChI is InChI=1S/C8H8ClN3/c9-3-4-11-8-2-1-7(5-10)12-6-8/h1-2,6,11H,3-4H2. The van der Waals surface area contributed by atoms with E-state index in [1.54, 1.807) is 18.3 Å². The van der Waals surface area contributed by atoms with Crippen LogP contribution >= 0.6 is 11.6 Å². The number of nitrogens with one attached hydrogen (secondary N) is 1. The maximum Gasteiger partial charge on any atom is 0.140 e. The topological polar surface area (TPSA) is 48.7 Å². The smallest absolute Gasteiger partial charge is 0.140 e. The molecule has 0 unspecified atom stereocenters. The van der Waals surface area contributed by atoms with Crippen LogP contribution in [0.3, 0.4) is 0 Å². The Labute approximate surface area is 76.0 Å². The van der Waals surface area contributed by atoms with Gasteiger partial charge in [0.1, 0.15) is 11.8 Å². The van der Waals surface area contributed by atoms with Gasteiger partial charge in [-0.15, -0.1) is 11.6 Å². The summed E-state index contributed by atoms with van der Waals surface area (Å²) < 4.78 is 0. The molecule has 1 aromatic rings. The molecule has 0 aliphatic rings. The van der Waals surface area contributed by atoms with Gasteiger partial charge >= 0.3 is 0 Å². The number of hydrogen-bond donors (Lipinski definition) is 1. The molecule has 1 N–H and O–H groups in total. The first kappa shape index (κ1) is 8.82. The van der Waals surface area contributed by atoms with Crippen LogP contribution in [0, 0.1) is 11.3 Å². The Hall–Kier alpha value is -1.27. The monoisotopic (exact) mass is 181 g/mol. The number of hydrogen-bond acceptors (Lipinski definition) is 3. The highest BCUT2D eigenvalue weighted by molar-refractivity contribution is 6.18. The van der Waals surface area contributed by atoms with Crippen LogP contribution < -0.4 is 5.32 Å². The number of rotatable bonds is 3. The number of alkyl halides is 1. The minimum Gasteiger partial charge on any atom is -0.383 e. The van der Waals surface area contributed by atoms with E-state index in [2.05, 4.69) is 10.3 Å². The van der Waals surface area contributed by atoms with Gasteiger partial charge in [0.25, 0.3) is 0 Å². The van der Waals surface area contributed by atoms with Crippen molar-refractivity contribution in [3.05, 3.63) is 24.0 Å². The van der Waals surface area contributed by atoms with Crippen molar-refractivity contribution in [2.75, 3.05) is 17.7 Å². The van der Waals surface area contributed by atoms with Crippen LogP contribution in [0.1, 0.15) is 5.69 Å². The molecule has 0 aliphatic carbocycles. The molecule has 0 aliphatic heterocycles. The lowest BCUT2D eigenvalue weighted by molar-refractivity contribution is 1.19. The molecule has 1 heterocycles. The van der Waals surface area contributed by atoms with Crippen LogP contribution in [0.15, 0.2) is 18.3 Å². The Bertz CT molecular complexity index is 275. The maximum atomic E-state index is 8.45. The summed E-state index contributed by atoms with van der Waals surface area (Å²) in [5.74, 6) is 0.556. The van der Waals surface area contributed by atoms with Crippen molar-refractivity contribution in [3.63, 3.8) is 0 Å². The average Bonchev–Trinajstić information content (AvgIpc) is 2.15. The molecule has 62 valence electrons. The Kier molecular flexibility index (Phi) is 3.36. The van der Waals surface area contributed by atoms with Gasteiger partial charge in [-0.2, -0.15) is 5.26 Å². The molecule has 0 bridgehead atoms. The number of nitrogens with zero attached hydrogens (tertiary/aromatic N) is 2. The van der Waals surface area contributed by atoms with Crippen molar-refractivity contribution in [2.45, 2.75) is 0 Å². The van der Waals surface area contributed by atoms with E-state index < -0.39 is 0 Å². The number of nitriles is 1. The van der Waals surface area contributed by atoms with E-state index in [9.17, 15) is 0 Å². The fraction of sp³-hybridized carbons (Fsp3) is 0.250. The quantitative estimate of drug-likeness (QED) is 0.721. The molecule has 0 aromatic carbocycles. The number of pyridine rings is 1. The van der Waals surface area contributed by atoms with Gasteiger partial charge in [0, 0.05) is 12.4 Å². The second-order valence-electron chi connectivity index (χ2n) is 2.16. The number of halogens is 1. The molecule has 1 aromatic heterocycles. The first-order valence-electron chi connectivity index (χ1n) is 3.53. The summed E-state index contributed by atoms with van der Waals surface area (Å²) in [6.07, 6.45) is 1.62. The number of anilines is 1. The van der Waals surface area contributed by atoms with Crippen molar-refractivity contribution in [2.24, 2.45) is 0 Å². The summed E-state index contributed by atoms with van der Waals surface area (Å²) in [5.41, 5.74) is 1.31. The van der Waals surface area contributed by atoms with E-state index in [0.29, 0.717) is 18.1 Å². The third kappa shape index (κ3) is 2.40. The molecule has 0 radical (unpaired) electrons. The average molecular weight is 182 g/mol. The fourth-order valence-electron chi connectivity index (χ4n) is 0.756. The van der Waals surface area contributed by atoms with E-state index in [0.717, 1.165) is 5.69 Å². The Morgan fingerprint density at radius 2 is 2.42 bits per heavy atom. The second-order valence-corrected chi connectivity index (χ2v) is 2.54. The molecular formula is C8H8ClN3. The molecule has 0 atom stereocenters. The first-order valence-corrected chi connectivity index (χ1v) is 4.06. The zero-order chi connectivity index (χ0) is 8.81. The fourth-order valence-corrected chi connectivity index (χ4v) is 0.851. The van der Waals surface area contributed by atoms with E-state index >= 15 is 0 Å². The Balaban J connectivity index is 2.60. The van der Waals surface area contributed by atoms with Gasteiger partial charge < -0.3 is 5.32 Å². The summed E-state index contributed by atoms with van der Waals surface area (Å²) >= 11 is 5.47.